The molecule has 3 unspecified atom stereocenters. The fourth-order valence-corrected chi connectivity index (χ4v) is 3.64. The van der Waals surface area contributed by atoms with Gasteiger partial charge in [0.05, 0.1) is 0 Å². The summed E-state index contributed by atoms with van der Waals surface area (Å²) in [4.78, 5) is 5.48. The molecular formula is C16H33N3. The normalized spacial score (nSPS) is 31.1. The number of hydrogen-bond acceptors (Lipinski definition) is 3. The van der Waals surface area contributed by atoms with Crippen molar-refractivity contribution in [2.75, 3.05) is 32.7 Å². The third-order valence-electron chi connectivity index (χ3n) is 4.95. The molecule has 0 amide bonds. The first-order valence-corrected chi connectivity index (χ1v) is 8.46. The van der Waals surface area contributed by atoms with Gasteiger partial charge in [-0.3, -0.25) is 9.80 Å². The predicted molar refractivity (Wildman–Crippen MR) is 82.6 cm³/mol. The first-order valence-electron chi connectivity index (χ1n) is 8.46. The summed E-state index contributed by atoms with van der Waals surface area (Å²) in [6.45, 7) is 13.3. The number of fused-ring (bicyclic) bond motifs is 1. The minimum Gasteiger partial charge on any atom is -0.313 e. The van der Waals surface area contributed by atoms with Crippen LogP contribution in [0, 0.1) is 0 Å². The van der Waals surface area contributed by atoms with Crippen molar-refractivity contribution < 1.29 is 0 Å². The predicted octanol–water partition coefficient (Wildman–Crippen LogP) is 2.32. The number of nitrogens with one attached hydrogen (secondary N) is 1. The highest BCUT2D eigenvalue weighted by Gasteiger charge is 2.33. The molecule has 3 nitrogen and oxygen atoms in total. The number of piperidine rings is 1. The largest absolute Gasteiger partial charge is 0.313 e. The molecule has 3 atom stereocenters. The van der Waals surface area contributed by atoms with E-state index in [0.717, 1.165) is 18.6 Å². The van der Waals surface area contributed by atoms with Gasteiger partial charge in [-0.1, -0.05) is 20.3 Å². The van der Waals surface area contributed by atoms with Crippen LogP contribution in [0.2, 0.25) is 0 Å². The molecule has 0 aromatic rings. The summed E-state index contributed by atoms with van der Waals surface area (Å²) >= 11 is 0. The van der Waals surface area contributed by atoms with E-state index in [1.165, 1.54) is 58.3 Å². The van der Waals surface area contributed by atoms with E-state index in [1.54, 1.807) is 0 Å². The SMILES string of the molecule is CCCNC(CC)CN1CC2CCCCN2CC1C. The number of nitrogens with zero attached hydrogens (tertiary/aromatic N) is 2. The Kier molecular flexibility index (Phi) is 6.11. The molecule has 2 aliphatic rings. The van der Waals surface area contributed by atoms with E-state index in [0.29, 0.717) is 6.04 Å². The molecule has 2 aliphatic heterocycles. The van der Waals surface area contributed by atoms with Crippen molar-refractivity contribution >= 4 is 0 Å². The van der Waals surface area contributed by atoms with E-state index < -0.39 is 0 Å². The minimum atomic E-state index is 0.678. The van der Waals surface area contributed by atoms with Gasteiger partial charge in [0.1, 0.15) is 0 Å². The molecule has 0 aromatic heterocycles. The van der Waals surface area contributed by atoms with Crippen molar-refractivity contribution in [3.63, 3.8) is 0 Å². The Morgan fingerprint density at radius 3 is 2.79 bits per heavy atom. The van der Waals surface area contributed by atoms with E-state index in [4.69, 9.17) is 0 Å². The van der Waals surface area contributed by atoms with Crippen LogP contribution in [0.15, 0.2) is 0 Å². The monoisotopic (exact) mass is 267 g/mol. The number of hydrogen-bond donors (Lipinski definition) is 1. The van der Waals surface area contributed by atoms with Crippen LogP contribution in [-0.4, -0.2) is 60.6 Å². The third kappa shape index (κ3) is 4.17. The van der Waals surface area contributed by atoms with Crippen molar-refractivity contribution in [3.05, 3.63) is 0 Å². The van der Waals surface area contributed by atoms with Gasteiger partial charge in [-0.15, -0.1) is 0 Å². The van der Waals surface area contributed by atoms with Gasteiger partial charge in [0, 0.05) is 37.8 Å². The van der Waals surface area contributed by atoms with Crippen LogP contribution < -0.4 is 5.32 Å². The Morgan fingerprint density at radius 2 is 2.05 bits per heavy atom. The van der Waals surface area contributed by atoms with Crippen LogP contribution in [0.3, 0.4) is 0 Å². The summed E-state index contributed by atoms with van der Waals surface area (Å²) in [7, 11) is 0. The molecule has 2 fully saturated rings. The van der Waals surface area contributed by atoms with Crippen LogP contribution in [-0.2, 0) is 0 Å². The summed E-state index contributed by atoms with van der Waals surface area (Å²) in [5.41, 5.74) is 0. The molecule has 19 heavy (non-hydrogen) atoms. The maximum Gasteiger partial charge on any atom is 0.0223 e. The standard InChI is InChI=1S/C16H33N3/c1-4-9-17-15(5-2)12-19-13-16-8-6-7-10-18(16)11-14(19)3/h14-17H,4-13H2,1-3H3. The van der Waals surface area contributed by atoms with Crippen molar-refractivity contribution in [1.29, 1.82) is 0 Å². The average Bonchev–Trinajstić information content (AvgIpc) is 2.43. The Morgan fingerprint density at radius 1 is 1.21 bits per heavy atom. The molecule has 0 aliphatic carbocycles. The molecule has 3 heteroatoms. The molecular weight excluding hydrogens is 234 g/mol. The van der Waals surface area contributed by atoms with Crippen LogP contribution in [0.1, 0.15) is 52.9 Å². The molecule has 112 valence electrons. The lowest BCUT2D eigenvalue weighted by Gasteiger charge is -2.48. The van der Waals surface area contributed by atoms with Gasteiger partial charge in [-0.25, -0.2) is 0 Å². The average molecular weight is 267 g/mol. The lowest BCUT2D eigenvalue weighted by molar-refractivity contribution is 0.0106. The van der Waals surface area contributed by atoms with Crippen molar-refractivity contribution in [3.8, 4) is 0 Å². The zero-order valence-electron chi connectivity index (χ0n) is 13.2. The second kappa shape index (κ2) is 7.61. The van der Waals surface area contributed by atoms with Gasteiger partial charge in [0.2, 0.25) is 0 Å². The molecule has 0 spiro atoms. The van der Waals surface area contributed by atoms with E-state index >= 15 is 0 Å². The van der Waals surface area contributed by atoms with Crippen LogP contribution in [0.5, 0.6) is 0 Å². The van der Waals surface area contributed by atoms with Gasteiger partial charge in [-0.2, -0.15) is 0 Å². The first kappa shape index (κ1) is 15.3. The molecule has 2 saturated heterocycles. The highest BCUT2D eigenvalue weighted by Crippen LogP contribution is 2.24. The summed E-state index contributed by atoms with van der Waals surface area (Å²) in [6, 6.07) is 2.25. The van der Waals surface area contributed by atoms with E-state index in [1.807, 2.05) is 0 Å². The van der Waals surface area contributed by atoms with Gasteiger partial charge < -0.3 is 5.32 Å². The lowest BCUT2D eigenvalue weighted by atomic mass is 9.96. The van der Waals surface area contributed by atoms with Gasteiger partial charge in [0.15, 0.2) is 0 Å². The molecule has 0 radical (unpaired) electrons. The lowest BCUT2D eigenvalue weighted by Crippen LogP contribution is -2.60. The van der Waals surface area contributed by atoms with Gasteiger partial charge in [-0.05, 0) is 45.7 Å². The van der Waals surface area contributed by atoms with E-state index in [-0.39, 0.29) is 0 Å². The van der Waals surface area contributed by atoms with Crippen molar-refractivity contribution in [1.82, 2.24) is 15.1 Å². The highest BCUT2D eigenvalue weighted by atomic mass is 15.3. The fraction of sp³-hybridized carbons (Fsp3) is 1.00. The maximum atomic E-state index is 3.70. The Bertz CT molecular complexity index is 256. The van der Waals surface area contributed by atoms with Crippen LogP contribution in [0.4, 0.5) is 0 Å². The fourth-order valence-electron chi connectivity index (χ4n) is 3.64. The molecule has 2 rings (SSSR count). The van der Waals surface area contributed by atoms with Crippen molar-refractivity contribution in [2.24, 2.45) is 0 Å². The highest BCUT2D eigenvalue weighted by molar-refractivity contribution is 4.90. The zero-order valence-corrected chi connectivity index (χ0v) is 13.2. The third-order valence-corrected chi connectivity index (χ3v) is 4.95. The van der Waals surface area contributed by atoms with Crippen LogP contribution in [0.25, 0.3) is 0 Å². The second-order valence-corrected chi connectivity index (χ2v) is 6.51. The Hall–Kier alpha value is -0.120. The first-order chi connectivity index (χ1) is 9.24. The number of rotatable bonds is 6. The van der Waals surface area contributed by atoms with E-state index in [2.05, 4.69) is 35.9 Å². The molecule has 2 heterocycles. The summed E-state index contributed by atoms with van der Waals surface area (Å²) in [6.07, 6.45) is 6.76. The Balaban J connectivity index is 1.84. The van der Waals surface area contributed by atoms with Crippen molar-refractivity contribution in [2.45, 2.75) is 71.0 Å². The van der Waals surface area contributed by atoms with Gasteiger partial charge in [0.25, 0.3) is 0 Å². The number of piperazine rings is 1. The van der Waals surface area contributed by atoms with E-state index in [9.17, 15) is 0 Å². The quantitative estimate of drug-likeness (QED) is 0.797. The molecule has 1 N–H and O–H groups in total. The summed E-state index contributed by atoms with van der Waals surface area (Å²) in [5.74, 6) is 0. The second-order valence-electron chi connectivity index (χ2n) is 6.51. The molecule has 0 bridgehead atoms. The summed E-state index contributed by atoms with van der Waals surface area (Å²) in [5, 5.41) is 3.70. The van der Waals surface area contributed by atoms with Crippen LogP contribution >= 0.6 is 0 Å². The smallest absolute Gasteiger partial charge is 0.0223 e. The maximum absolute atomic E-state index is 3.70. The summed E-state index contributed by atoms with van der Waals surface area (Å²) < 4.78 is 0. The topological polar surface area (TPSA) is 18.5 Å². The minimum absolute atomic E-state index is 0.678. The molecule has 0 aromatic carbocycles. The Labute approximate surface area is 119 Å². The molecule has 0 saturated carbocycles. The van der Waals surface area contributed by atoms with Gasteiger partial charge >= 0.3 is 0 Å². The zero-order chi connectivity index (χ0) is 13.7.